The molecule has 180 valence electrons. The highest BCUT2D eigenvalue weighted by molar-refractivity contribution is 5.94. The highest BCUT2D eigenvalue weighted by Gasteiger charge is 2.30. The molecule has 0 unspecified atom stereocenters. The maximum absolute atomic E-state index is 13.9. The van der Waals surface area contributed by atoms with E-state index < -0.39 is 23.1 Å². The minimum Gasteiger partial charge on any atom is -0.493 e. The molecular weight excluding hydrogens is 444 g/mol. The normalized spacial score (nSPS) is 13.6. The van der Waals surface area contributed by atoms with E-state index in [0.717, 1.165) is 25.0 Å². The number of nitrogens with zero attached hydrogens (tertiary/aromatic N) is 1. The molecule has 1 heterocycles. The van der Waals surface area contributed by atoms with Crippen molar-refractivity contribution >= 4 is 5.91 Å². The quantitative estimate of drug-likeness (QED) is 0.475. The molecule has 1 aromatic heterocycles. The summed E-state index contributed by atoms with van der Waals surface area (Å²) in [4.78, 5) is 17.3. The minimum absolute atomic E-state index is 0.0127. The lowest BCUT2D eigenvalue weighted by molar-refractivity contribution is 0.0942. The number of carbonyl (C=O) groups excluding carboxylic acids is 1. The van der Waals surface area contributed by atoms with E-state index in [1.807, 2.05) is 0 Å². The Kier molecular flexibility index (Phi) is 6.56. The van der Waals surface area contributed by atoms with Gasteiger partial charge in [-0.2, -0.15) is 0 Å². The molecule has 4 rings (SSSR count). The SMILES string of the molecule is COc1ccc(-c2nc(C(=O)NCc3ccc(F)cc3F)c(C(C)(C)N)o2)cc1OCC1CC1. The van der Waals surface area contributed by atoms with Gasteiger partial charge in [0, 0.05) is 23.7 Å². The van der Waals surface area contributed by atoms with Gasteiger partial charge in [-0.25, -0.2) is 13.8 Å². The summed E-state index contributed by atoms with van der Waals surface area (Å²) < 4.78 is 44.3. The summed E-state index contributed by atoms with van der Waals surface area (Å²) in [5.74, 6) is 0.0118. The van der Waals surface area contributed by atoms with Crippen molar-refractivity contribution in [1.82, 2.24) is 10.3 Å². The number of rotatable bonds is 9. The topological polar surface area (TPSA) is 99.6 Å². The number of methoxy groups -OCH3 is 1. The van der Waals surface area contributed by atoms with Crippen LogP contribution in [0.25, 0.3) is 11.5 Å². The van der Waals surface area contributed by atoms with Gasteiger partial charge in [-0.1, -0.05) is 6.07 Å². The molecule has 1 aliphatic carbocycles. The molecule has 2 aromatic carbocycles. The standard InChI is InChI=1S/C25H27F2N3O4/c1-25(2,28)22-21(23(31)29-12-16-6-8-17(26)11-18(16)27)30-24(34-22)15-7-9-19(32-3)20(10-15)33-13-14-4-5-14/h6-11,14H,4-5,12-13,28H2,1-3H3,(H,29,31). The fourth-order valence-electron chi connectivity index (χ4n) is 3.37. The van der Waals surface area contributed by atoms with Crippen LogP contribution in [0, 0.1) is 17.6 Å². The first-order valence-corrected chi connectivity index (χ1v) is 11.0. The van der Waals surface area contributed by atoms with Gasteiger partial charge in [-0.15, -0.1) is 0 Å². The molecule has 1 amide bonds. The van der Waals surface area contributed by atoms with Gasteiger partial charge in [-0.3, -0.25) is 4.79 Å². The lowest BCUT2D eigenvalue weighted by atomic mass is 10.0. The molecule has 0 atom stereocenters. The minimum atomic E-state index is -1.02. The number of carbonyl (C=O) groups is 1. The summed E-state index contributed by atoms with van der Waals surface area (Å²) in [7, 11) is 1.56. The van der Waals surface area contributed by atoms with Crippen molar-refractivity contribution in [2.75, 3.05) is 13.7 Å². The van der Waals surface area contributed by atoms with E-state index in [-0.39, 0.29) is 29.5 Å². The largest absolute Gasteiger partial charge is 0.493 e. The number of hydrogen-bond acceptors (Lipinski definition) is 6. The van der Waals surface area contributed by atoms with Gasteiger partial charge in [0.05, 0.1) is 19.3 Å². The van der Waals surface area contributed by atoms with Crippen LogP contribution in [0.5, 0.6) is 11.5 Å². The Morgan fingerprint density at radius 1 is 1.21 bits per heavy atom. The molecule has 0 spiro atoms. The second-order valence-corrected chi connectivity index (χ2v) is 8.96. The monoisotopic (exact) mass is 471 g/mol. The second-order valence-electron chi connectivity index (χ2n) is 8.96. The first-order chi connectivity index (χ1) is 16.2. The van der Waals surface area contributed by atoms with Crippen LogP contribution in [0.4, 0.5) is 8.78 Å². The van der Waals surface area contributed by atoms with Crippen LogP contribution in [0.1, 0.15) is 48.5 Å². The van der Waals surface area contributed by atoms with Gasteiger partial charge in [0.2, 0.25) is 5.89 Å². The summed E-state index contributed by atoms with van der Waals surface area (Å²) in [5, 5.41) is 2.60. The molecular formula is C25H27F2N3O4. The average Bonchev–Trinajstić information content (AvgIpc) is 3.50. The van der Waals surface area contributed by atoms with Gasteiger partial charge in [0.15, 0.2) is 23.0 Å². The van der Waals surface area contributed by atoms with E-state index in [0.29, 0.717) is 29.6 Å². The lowest BCUT2D eigenvalue weighted by Gasteiger charge is -2.16. The summed E-state index contributed by atoms with van der Waals surface area (Å²) in [6.07, 6.45) is 2.30. The van der Waals surface area contributed by atoms with Crippen LogP contribution in [0.3, 0.4) is 0 Å². The molecule has 3 N–H and O–H groups in total. The van der Waals surface area contributed by atoms with Gasteiger partial charge < -0.3 is 24.9 Å². The molecule has 0 radical (unpaired) electrons. The summed E-state index contributed by atoms with van der Waals surface area (Å²) in [5.41, 5.74) is 5.93. The Bertz CT molecular complexity index is 1200. The van der Waals surface area contributed by atoms with Crippen molar-refractivity contribution in [2.45, 2.75) is 38.8 Å². The van der Waals surface area contributed by atoms with Gasteiger partial charge >= 0.3 is 0 Å². The zero-order valence-electron chi connectivity index (χ0n) is 19.3. The summed E-state index contributed by atoms with van der Waals surface area (Å²) in [6.45, 7) is 3.82. The van der Waals surface area contributed by atoms with Crippen LogP contribution < -0.4 is 20.5 Å². The second kappa shape index (κ2) is 9.42. The smallest absolute Gasteiger partial charge is 0.273 e. The highest BCUT2D eigenvalue weighted by Crippen LogP contribution is 2.36. The van der Waals surface area contributed by atoms with Crippen molar-refractivity contribution in [1.29, 1.82) is 0 Å². The first-order valence-electron chi connectivity index (χ1n) is 11.0. The predicted molar refractivity (Wildman–Crippen MR) is 121 cm³/mol. The van der Waals surface area contributed by atoms with E-state index in [2.05, 4.69) is 10.3 Å². The number of nitrogens with one attached hydrogen (secondary N) is 1. The van der Waals surface area contributed by atoms with E-state index >= 15 is 0 Å². The van der Waals surface area contributed by atoms with Crippen molar-refractivity contribution < 1.29 is 27.5 Å². The maximum Gasteiger partial charge on any atom is 0.273 e. The Hall–Kier alpha value is -3.46. The van der Waals surface area contributed by atoms with Crippen LogP contribution in [-0.2, 0) is 12.1 Å². The molecule has 9 heteroatoms. The van der Waals surface area contributed by atoms with Crippen molar-refractivity contribution in [3.8, 4) is 23.0 Å². The number of halogens is 2. The van der Waals surface area contributed by atoms with Crippen LogP contribution in [-0.4, -0.2) is 24.6 Å². The van der Waals surface area contributed by atoms with E-state index in [1.54, 1.807) is 39.2 Å². The summed E-state index contributed by atoms with van der Waals surface area (Å²) in [6, 6.07) is 8.39. The number of aromatic nitrogens is 1. The molecule has 0 aliphatic heterocycles. The average molecular weight is 472 g/mol. The van der Waals surface area contributed by atoms with Crippen LogP contribution >= 0.6 is 0 Å². The van der Waals surface area contributed by atoms with Gasteiger partial charge in [-0.05, 0) is 56.9 Å². The summed E-state index contributed by atoms with van der Waals surface area (Å²) >= 11 is 0. The van der Waals surface area contributed by atoms with E-state index in [9.17, 15) is 13.6 Å². The van der Waals surface area contributed by atoms with E-state index in [4.69, 9.17) is 19.6 Å². The number of nitrogens with two attached hydrogens (primary N) is 1. The number of benzene rings is 2. The number of amides is 1. The Morgan fingerprint density at radius 2 is 1.97 bits per heavy atom. The third kappa shape index (κ3) is 5.36. The van der Waals surface area contributed by atoms with Crippen molar-refractivity contribution in [3.05, 3.63) is 65.1 Å². The molecule has 1 saturated carbocycles. The van der Waals surface area contributed by atoms with Gasteiger partial charge in [0.1, 0.15) is 11.6 Å². The highest BCUT2D eigenvalue weighted by atomic mass is 19.1. The first kappa shape index (κ1) is 23.7. The molecule has 0 bridgehead atoms. The van der Waals surface area contributed by atoms with E-state index in [1.165, 1.54) is 6.07 Å². The molecule has 3 aromatic rings. The molecule has 1 fully saturated rings. The van der Waals surface area contributed by atoms with Gasteiger partial charge in [0.25, 0.3) is 5.91 Å². The Labute approximate surface area is 196 Å². The van der Waals surface area contributed by atoms with Crippen LogP contribution in [0.2, 0.25) is 0 Å². The maximum atomic E-state index is 13.9. The zero-order valence-corrected chi connectivity index (χ0v) is 19.3. The molecule has 1 aliphatic rings. The predicted octanol–water partition coefficient (Wildman–Crippen LogP) is 4.54. The number of hydrogen-bond donors (Lipinski definition) is 2. The third-order valence-corrected chi connectivity index (χ3v) is 5.46. The van der Waals surface area contributed by atoms with Crippen LogP contribution in [0.15, 0.2) is 40.8 Å². The molecule has 7 nitrogen and oxygen atoms in total. The Morgan fingerprint density at radius 3 is 2.62 bits per heavy atom. The fourth-order valence-corrected chi connectivity index (χ4v) is 3.37. The van der Waals surface area contributed by atoms with Crippen molar-refractivity contribution in [2.24, 2.45) is 11.7 Å². The number of ether oxygens (including phenoxy) is 2. The molecule has 34 heavy (non-hydrogen) atoms. The number of oxazole rings is 1. The Balaban J connectivity index is 1.60. The van der Waals surface area contributed by atoms with Crippen molar-refractivity contribution in [3.63, 3.8) is 0 Å². The fraction of sp³-hybridized carbons (Fsp3) is 0.360. The third-order valence-electron chi connectivity index (χ3n) is 5.46. The lowest BCUT2D eigenvalue weighted by Crippen LogP contribution is -2.33. The zero-order chi connectivity index (χ0) is 24.5. The molecule has 0 saturated heterocycles.